The minimum absolute atomic E-state index is 0.0894. The number of esters is 1. The van der Waals surface area contributed by atoms with Crippen LogP contribution >= 0.6 is 0 Å². The Balaban J connectivity index is 2.07. The first-order valence-corrected chi connectivity index (χ1v) is 9.16. The van der Waals surface area contributed by atoms with Crippen molar-refractivity contribution >= 4 is 32.6 Å². The SMILES string of the molecule is COC(=O)Cn1cc(S(=O)(=O)NCc2ccco2)c2cc([N+](=O)[O-])ccc21. The fourth-order valence-electron chi connectivity index (χ4n) is 2.57. The number of hydrogen-bond donors (Lipinski definition) is 1. The summed E-state index contributed by atoms with van der Waals surface area (Å²) in [4.78, 5) is 21.9. The van der Waals surface area contributed by atoms with Crippen LogP contribution in [0.5, 0.6) is 0 Å². The molecule has 11 heteroatoms. The Kier molecular flexibility index (Phi) is 4.97. The van der Waals surface area contributed by atoms with Gasteiger partial charge in [0.1, 0.15) is 17.2 Å². The summed E-state index contributed by atoms with van der Waals surface area (Å²) in [6.45, 7) is -0.327. The molecule has 27 heavy (non-hydrogen) atoms. The zero-order valence-corrected chi connectivity index (χ0v) is 14.9. The molecule has 3 aromatic rings. The lowest BCUT2D eigenvalue weighted by atomic mass is 10.2. The molecule has 0 aliphatic rings. The number of nitrogens with zero attached hydrogens (tertiary/aromatic N) is 2. The summed E-state index contributed by atoms with van der Waals surface area (Å²) in [7, 11) is -2.82. The number of methoxy groups -OCH3 is 1. The van der Waals surface area contributed by atoms with Crippen LogP contribution in [0, 0.1) is 10.1 Å². The molecule has 1 aromatic carbocycles. The average molecular weight is 393 g/mol. The summed E-state index contributed by atoms with van der Waals surface area (Å²) in [6.07, 6.45) is 2.66. The average Bonchev–Trinajstić information content (AvgIpc) is 3.28. The van der Waals surface area contributed by atoms with E-state index >= 15 is 0 Å². The molecule has 0 atom stereocenters. The van der Waals surface area contributed by atoms with E-state index in [1.165, 1.54) is 36.3 Å². The number of nitro groups is 1. The molecule has 0 saturated heterocycles. The molecule has 2 aromatic heterocycles. The van der Waals surface area contributed by atoms with Gasteiger partial charge in [-0.25, -0.2) is 13.1 Å². The molecule has 3 rings (SSSR count). The van der Waals surface area contributed by atoms with E-state index in [2.05, 4.69) is 9.46 Å². The van der Waals surface area contributed by atoms with Crippen molar-refractivity contribution < 1.29 is 27.3 Å². The molecule has 2 heterocycles. The van der Waals surface area contributed by atoms with E-state index in [4.69, 9.17) is 4.42 Å². The second kappa shape index (κ2) is 7.21. The highest BCUT2D eigenvalue weighted by Gasteiger charge is 2.24. The van der Waals surface area contributed by atoms with E-state index in [0.29, 0.717) is 11.3 Å². The summed E-state index contributed by atoms with van der Waals surface area (Å²) < 4.78 is 38.9. The van der Waals surface area contributed by atoms with Gasteiger partial charge in [0, 0.05) is 23.7 Å². The maximum absolute atomic E-state index is 12.7. The Morgan fingerprint density at radius 2 is 2.15 bits per heavy atom. The summed E-state index contributed by atoms with van der Waals surface area (Å²) in [5, 5.41) is 11.2. The number of non-ortho nitro benzene ring substituents is 1. The summed E-state index contributed by atoms with van der Waals surface area (Å²) in [5.74, 6) is -0.180. The van der Waals surface area contributed by atoms with Crippen LogP contribution in [0.15, 0.2) is 52.1 Å². The van der Waals surface area contributed by atoms with Crippen LogP contribution in [0.2, 0.25) is 0 Å². The van der Waals surface area contributed by atoms with Gasteiger partial charge >= 0.3 is 5.97 Å². The van der Waals surface area contributed by atoms with E-state index in [1.54, 1.807) is 12.1 Å². The highest BCUT2D eigenvalue weighted by molar-refractivity contribution is 7.89. The predicted molar refractivity (Wildman–Crippen MR) is 93.3 cm³/mol. The number of rotatable bonds is 7. The van der Waals surface area contributed by atoms with Crippen LogP contribution < -0.4 is 4.72 Å². The molecule has 0 aliphatic heterocycles. The molecule has 0 fully saturated rings. The summed E-state index contributed by atoms with van der Waals surface area (Å²) in [6, 6.07) is 7.01. The number of carbonyl (C=O) groups excluding carboxylic acids is 1. The Hall–Kier alpha value is -3.18. The topological polar surface area (TPSA) is 134 Å². The maximum Gasteiger partial charge on any atom is 0.325 e. The van der Waals surface area contributed by atoms with Crippen molar-refractivity contribution in [2.75, 3.05) is 7.11 Å². The second-order valence-corrected chi connectivity index (χ2v) is 7.30. The standard InChI is InChI=1S/C16H15N3O7S/c1-25-16(20)10-18-9-15(13-7-11(19(21)22)4-5-14(13)18)27(23,24)17-8-12-3-2-6-26-12/h2-7,9,17H,8,10H2,1H3. The highest BCUT2D eigenvalue weighted by Crippen LogP contribution is 2.29. The fourth-order valence-corrected chi connectivity index (χ4v) is 3.78. The van der Waals surface area contributed by atoms with Gasteiger partial charge in [-0.05, 0) is 18.2 Å². The van der Waals surface area contributed by atoms with Crippen LogP contribution in [-0.2, 0) is 32.6 Å². The monoisotopic (exact) mass is 393 g/mol. The zero-order chi connectivity index (χ0) is 19.6. The van der Waals surface area contributed by atoms with Crippen molar-refractivity contribution in [3.63, 3.8) is 0 Å². The Morgan fingerprint density at radius 1 is 1.37 bits per heavy atom. The largest absolute Gasteiger partial charge is 0.468 e. The van der Waals surface area contributed by atoms with Gasteiger partial charge in [-0.1, -0.05) is 0 Å². The number of aromatic nitrogens is 1. The lowest BCUT2D eigenvalue weighted by Crippen LogP contribution is -2.23. The first-order chi connectivity index (χ1) is 12.8. The third-order valence-corrected chi connectivity index (χ3v) is 5.30. The number of nitrogens with one attached hydrogen (secondary N) is 1. The molecule has 0 radical (unpaired) electrons. The Labute approximate surface area is 153 Å². The van der Waals surface area contributed by atoms with Crippen molar-refractivity contribution in [1.82, 2.24) is 9.29 Å². The number of benzene rings is 1. The molecular weight excluding hydrogens is 378 g/mol. The van der Waals surface area contributed by atoms with Crippen molar-refractivity contribution in [3.8, 4) is 0 Å². The minimum atomic E-state index is -4.03. The number of furan rings is 1. The number of nitro benzene ring substituents is 1. The molecule has 0 spiro atoms. The summed E-state index contributed by atoms with van der Waals surface area (Å²) in [5.41, 5.74) is 0.0881. The highest BCUT2D eigenvalue weighted by atomic mass is 32.2. The molecular formula is C16H15N3O7S. The Morgan fingerprint density at radius 3 is 2.78 bits per heavy atom. The van der Waals surface area contributed by atoms with Crippen LogP contribution in [0.4, 0.5) is 5.69 Å². The first kappa shape index (κ1) is 18.6. The zero-order valence-electron chi connectivity index (χ0n) is 14.1. The quantitative estimate of drug-likeness (QED) is 0.367. The van der Waals surface area contributed by atoms with E-state index in [0.717, 1.165) is 6.07 Å². The second-order valence-electron chi connectivity index (χ2n) is 5.56. The Bertz CT molecular complexity index is 1100. The van der Waals surface area contributed by atoms with Crippen LogP contribution in [0.25, 0.3) is 10.9 Å². The van der Waals surface area contributed by atoms with Crippen molar-refractivity contribution in [2.45, 2.75) is 18.0 Å². The number of carbonyl (C=O) groups is 1. The first-order valence-electron chi connectivity index (χ1n) is 7.68. The van der Waals surface area contributed by atoms with Gasteiger partial charge in [0.15, 0.2) is 0 Å². The van der Waals surface area contributed by atoms with Gasteiger partial charge in [0.25, 0.3) is 5.69 Å². The number of ether oxygens (including phenoxy) is 1. The predicted octanol–water partition coefficient (Wildman–Crippen LogP) is 1.79. The molecule has 0 bridgehead atoms. The van der Waals surface area contributed by atoms with Gasteiger partial charge in [-0.2, -0.15) is 0 Å². The molecule has 0 aliphatic carbocycles. The molecule has 1 N–H and O–H groups in total. The van der Waals surface area contributed by atoms with E-state index in [-0.39, 0.29) is 29.1 Å². The van der Waals surface area contributed by atoms with Gasteiger partial charge in [-0.15, -0.1) is 0 Å². The lowest BCUT2D eigenvalue weighted by molar-refractivity contribution is -0.384. The third-order valence-electron chi connectivity index (χ3n) is 3.87. The van der Waals surface area contributed by atoms with Crippen molar-refractivity contribution in [3.05, 3.63) is 58.7 Å². The fraction of sp³-hybridized carbons (Fsp3) is 0.188. The molecule has 0 saturated carbocycles. The third kappa shape index (κ3) is 3.83. The van der Waals surface area contributed by atoms with Gasteiger partial charge in [-0.3, -0.25) is 14.9 Å². The smallest absolute Gasteiger partial charge is 0.325 e. The van der Waals surface area contributed by atoms with Gasteiger partial charge < -0.3 is 13.7 Å². The van der Waals surface area contributed by atoms with Crippen molar-refractivity contribution in [2.24, 2.45) is 0 Å². The molecule has 142 valence electrons. The maximum atomic E-state index is 12.7. The van der Waals surface area contributed by atoms with Crippen molar-refractivity contribution in [1.29, 1.82) is 0 Å². The normalized spacial score (nSPS) is 11.6. The lowest BCUT2D eigenvalue weighted by Gasteiger charge is -2.04. The molecule has 0 amide bonds. The van der Waals surface area contributed by atoms with Crippen LogP contribution in [0.3, 0.4) is 0 Å². The number of sulfonamides is 1. The van der Waals surface area contributed by atoms with E-state index in [1.807, 2.05) is 0 Å². The molecule has 10 nitrogen and oxygen atoms in total. The number of fused-ring (bicyclic) bond motifs is 1. The summed E-state index contributed by atoms with van der Waals surface area (Å²) >= 11 is 0. The van der Waals surface area contributed by atoms with Gasteiger partial charge in [0.2, 0.25) is 10.0 Å². The van der Waals surface area contributed by atoms with E-state index in [9.17, 15) is 23.3 Å². The molecule has 0 unspecified atom stereocenters. The number of hydrogen-bond acceptors (Lipinski definition) is 7. The van der Waals surface area contributed by atoms with Gasteiger partial charge in [0.05, 0.1) is 30.4 Å². The van der Waals surface area contributed by atoms with Crippen LogP contribution in [0.1, 0.15) is 5.76 Å². The minimum Gasteiger partial charge on any atom is -0.468 e. The van der Waals surface area contributed by atoms with E-state index < -0.39 is 20.9 Å². The van der Waals surface area contributed by atoms with Crippen LogP contribution in [-0.4, -0.2) is 31.0 Å².